The van der Waals surface area contributed by atoms with E-state index in [2.05, 4.69) is 38.1 Å². The van der Waals surface area contributed by atoms with E-state index < -0.39 is 0 Å². The van der Waals surface area contributed by atoms with Gasteiger partial charge in [-0.15, -0.1) is 11.3 Å². The molecule has 1 N–H and O–H groups in total. The normalized spacial score (nSPS) is 28.8. The molecule has 3 aliphatic rings. The standard InChI is InChI=1S/C18H20BrN3OS/c1-11-16(13-6-8-22(11)9-7-13)21-17(23)18-20-10-15(24-18)12-2-4-14(19)5-3-12/h2-5,10-11,13,16H,6-9H2,1H3,(H,21,23). The van der Waals surface area contributed by atoms with Crippen molar-refractivity contribution < 1.29 is 4.79 Å². The number of amides is 1. The van der Waals surface area contributed by atoms with Crippen LogP contribution >= 0.6 is 27.3 Å². The second kappa shape index (κ2) is 6.58. The zero-order valence-corrected chi connectivity index (χ0v) is 15.9. The average molecular weight is 406 g/mol. The number of carbonyl (C=O) groups is 1. The molecular formula is C18H20BrN3OS. The van der Waals surface area contributed by atoms with E-state index in [1.165, 1.54) is 37.3 Å². The van der Waals surface area contributed by atoms with E-state index in [9.17, 15) is 4.79 Å². The van der Waals surface area contributed by atoms with Gasteiger partial charge in [0.1, 0.15) is 0 Å². The van der Waals surface area contributed by atoms with Crippen LogP contribution in [0.15, 0.2) is 34.9 Å². The van der Waals surface area contributed by atoms with Crippen molar-refractivity contribution in [1.82, 2.24) is 15.2 Å². The Morgan fingerprint density at radius 1 is 1.29 bits per heavy atom. The first-order valence-electron chi connectivity index (χ1n) is 8.38. The van der Waals surface area contributed by atoms with Crippen molar-refractivity contribution in [2.24, 2.45) is 5.92 Å². The Kier molecular flexibility index (Phi) is 4.45. The number of hydrogen-bond donors (Lipinski definition) is 1. The van der Waals surface area contributed by atoms with Crippen molar-refractivity contribution in [2.75, 3.05) is 13.1 Å². The Morgan fingerprint density at radius 2 is 2.00 bits per heavy atom. The van der Waals surface area contributed by atoms with E-state index >= 15 is 0 Å². The molecule has 5 rings (SSSR count). The lowest BCUT2D eigenvalue weighted by molar-refractivity contribution is 0.0217. The number of benzene rings is 1. The Bertz CT molecular complexity index is 735. The van der Waals surface area contributed by atoms with Gasteiger partial charge in [0.15, 0.2) is 5.01 Å². The molecule has 24 heavy (non-hydrogen) atoms. The smallest absolute Gasteiger partial charge is 0.280 e. The molecule has 3 fully saturated rings. The Balaban J connectivity index is 1.48. The third-order valence-electron chi connectivity index (χ3n) is 5.30. The van der Waals surface area contributed by atoms with Crippen molar-refractivity contribution in [3.63, 3.8) is 0 Å². The molecule has 0 spiro atoms. The van der Waals surface area contributed by atoms with Crippen LogP contribution in [0.5, 0.6) is 0 Å². The number of aromatic nitrogens is 1. The highest BCUT2D eigenvalue weighted by Crippen LogP contribution is 2.33. The van der Waals surface area contributed by atoms with Gasteiger partial charge in [-0.3, -0.25) is 9.69 Å². The van der Waals surface area contributed by atoms with Crippen LogP contribution in [-0.2, 0) is 0 Å². The zero-order valence-electron chi connectivity index (χ0n) is 13.5. The van der Waals surface area contributed by atoms with Crippen molar-refractivity contribution in [1.29, 1.82) is 0 Å². The lowest BCUT2D eigenvalue weighted by atomic mass is 9.79. The van der Waals surface area contributed by atoms with Gasteiger partial charge in [0.25, 0.3) is 5.91 Å². The van der Waals surface area contributed by atoms with Crippen LogP contribution in [0.25, 0.3) is 10.4 Å². The number of piperidine rings is 3. The molecule has 1 aromatic carbocycles. The molecule has 1 amide bonds. The fourth-order valence-corrected chi connectivity index (χ4v) is 4.97. The number of fused-ring (bicyclic) bond motifs is 3. The van der Waals surface area contributed by atoms with E-state index in [0.29, 0.717) is 17.0 Å². The fraction of sp³-hybridized carbons (Fsp3) is 0.444. The second-order valence-electron chi connectivity index (χ2n) is 6.65. The van der Waals surface area contributed by atoms with E-state index in [-0.39, 0.29) is 11.9 Å². The largest absolute Gasteiger partial charge is 0.345 e. The molecule has 2 bridgehead atoms. The van der Waals surface area contributed by atoms with Gasteiger partial charge in [-0.1, -0.05) is 28.1 Å². The van der Waals surface area contributed by atoms with Crippen LogP contribution in [0.1, 0.15) is 29.6 Å². The van der Waals surface area contributed by atoms with Gasteiger partial charge in [-0.2, -0.15) is 0 Å². The number of halogens is 1. The van der Waals surface area contributed by atoms with Crippen molar-refractivity contribution in [3.05, 3.63) is 39.9 Å². The zero-order chi connectivity index (χ0) is 16.7. The van der Waals surface area contributed by atoms with Crippen molar-refractivity contribution >= 4 is 33.2 Å². The van der Waals surface area contributed by atoms with Crippen molar-refractivity contribution in [2.45, 2.75) is 31.8 Å². The molecule has 6 heteroatoms. The third kappa shape index (κ3) is 3.03. The minimum atomic E-state index is -0.0334. The van der Waals surface area contributed by atoms with Crippen LogP contribution in [0.4, 0.5) is 0 Å². The van der Waals surface area contributed by atoms with Crippen molar-refractivity contribution in [3.8, 4) is 10.4 Å². The minimum absolute atomic E-state index is 0.0334. The summed E-state index contributed by atoms with van der Waals surface area (Å²) in [6.07, 6.45) is 4.18. The number of nitrogens with one attached hydrogen (secondary N) is 1. The summed E-state index contributed by atoms with van der Waals surface area (Å²) < 4.78 is 1.05. The minimum Gasteiger partial charge on any atom is -0.345 e. The molecule has 0 saturated carbocycles. The van der Waals surface area contributed by atoms with Gasteiger partial charge in [-0.05, 0) is 56.5 Å². The van der Waals surface area contributed by atoms with Crippen LogP contribution < -0.4 is 5.32 Å². The van der Waals surface area contributed by atoms with Gasteiger partial charge in [0, 0.05) is 22.8 Å². The number of carbonyl (C=O) groups excluding carboxylic acids is 1. The van der Waals surface area contributed by atoms with Crippen LogP contribution in [0.3, 0.4) is 0 Å². The van der Waals surface area contributed by atoms with Gasteiger partial charge < -0.3 is 5.32 Å². The van der Waals surface area contributed by atoms with Gasteiger partial charge in [0.2, 0.25) is 0 Å². The van der Waals surface area contributed by atoms with Crippen LogP contribution in [0, 0.1) is 5.92 Å². The molecule has 3 saturated heterocycles. The van der Waals surface area contributed by atoms with Crippen LogP contribution in [-0.4, -0.2) is 41.0 Å². The average Bonchev–Trinajstić information content (AvgIpc) is 3.09. The van der Waals surface area contributed by atoms with Gasteiger partial charge >= 0.3 is 0 Å². The Hall–Kier alpha value is -1.24. The Labute approximate surface area is 154 Å². The van der Waals surface area contributed by atoms with Gasteiger partial charge in [-0.25, -0.2) is 4.98 Å². The topological polar surface area (TPSA) is 45.2 Å². The highest BCUT2D eigenvalue weighted by Gasteiger charge is 2.40. The highest BCUT2D eigenvalue weighted by atomic mass is 79.9. The monoisotopic (exact) mass is 405 g/mol. The summed E-state index contributed by atoms with van der Waals surface area (Å²) in [6.45, 7) is 4.57. The number of thiazole rings is 1. The molecule has 126 valence electrons. The predicted molar refractivity (Wildman–Crippen MR) is 100 cm³/mol. The number of rotatable bonds is 3. The summed E-state index contributed by atoms with van der Waals surface area (Å²) in [6, 6.07) is 8.75. The molecule has 4 heterocycles. The quantitative estimate of drug-likeness (QED) is 0.844. The van der Waals surface area contributed by atoms with E-state index in [1.807, 2.05) is 24.3 Å². The maximum absolute atomic E-state index is 12.6. The first kappa shape index (κ1) is 16.2. The molecule has 2 aromatic rings. The fourth-order valence-electron chi connectivity index (χ4n) is 3.89. The van der Waals surface area contributed by atoms with E-state index in [0.717, 1.165) is 14.9 Å². The lowest BCUT2D eigenvalue weighted by Gasteiger charge is -2.49. The first-order chi connectivity index (χ1) is 11.6. The molecule has 3 aliphatic heterocycles. The number of hydrogen-bond acceptors (Lipinski definition) is 4. The maximum atomic E-state index is 12.6. The molecular weight excluding hydrogens is 386 g/mol. The summed E-state index contributed by atoms with van der Waals surface area (Å²) in [5.74, 6) is 0.578. The molecule has 1 aromatic heterocycles. The van der Waals surface area contributed by atoms with Crippen LogP contribution in [0.2, 0.25) is 0 Å². The van der Waals surface area contributed by atoms with E-state index in [4.69, 9.17) is 0 Å². The summed E-state index contributed by atoms with van der Waals surface area (Å²) in [4.78, 5) is 20.5. The number of nitrogens with zero attached hydrogens (tertiary/aromatic N) is 2. The lowest BCUT2D eigenvalue weighted by Crippen LogP contribution is -2.62. The third-order valence-corrected chi connectivity index (χ3v) is 6.88. The maximum Gasteiger partial charge on any atom is 0.280 e. The van der Waals surface area contributed by atoms with E-state index in [1.54, 1.807) is 6.20 Å². The first-order valence-corrected chi connectivity index (χ1v) is 9.99. The second-order valence-corrected chi connectivity index (χ2v) is 8.60. The predicted octanol–water partition coefficient (Wildman–Crippen LogP) is 3.79. The summed E-state index contributed by atoms with van der Waals surface area (Å²) in [5.41, 5.74) is 1.09. The highest BCUT2D eigenvalue weighted by molar-refractivity contribution is 9.10. The molecule has 2 atom stereocenters. The molecule has 0 aliphatic carbocycles. The summed E-state index contributed by atoms with van der Waals surface area (Å²) in [5, 5.41) is 3.80. The summed E-state index contributed by atoms with van der Waals surface area (Å²) in [7, 11) is 0. The molecule has 0 radical (unpaired) electrons. The molecule has 4 nitrogen and oxygen atoms in total. The molecule has 2 unspecified atom stereocenters. The Morgan fingerprint density at radius 3 is 2.67 bits per heavy atom. The SMILES string of the molecule is CC1C(NC(=O)c2ncc(-c3ccc(Br)cc3)s2)C2CCN1CC2. The summed E-state index contributed by atoms with van der Waals surface area (Å²) >= 11 is 4.90. The van der Waals surface area contributed by atoms with Gasteiger partial charge in [0.05, 0.1) is 4.88 Å².